The number of carbonyl (C=O) groups excluding carboxylic acids is 2. The minimum atomic E-state index is -0.592. The minimum Gasteiger partial charge on any atom is -0.507 e. The lowest BCUT2D eigenvalue weighted by Gasteiger charge is -2.11. The number of hydrogen-bond acceptors (Lipinski definition) is 3. The third kappa shape index (κ3) is 2.97. The lowest BCUT2D eigenvalue weighted by molar-refractivity contribution is -0.118. The molecule has 0 aliphatic rings. The topological polar surface area (TPSA) is 66.4 Å². The Bertz CT molecular complexity index is 431. The van der Waals surface area contributed by atoms with Gasteiger partial charge in [0.15, 0.2) is 5.78 Å². The number of carbonyl (C=O) groups is 2. The van der Waals surface area contributed by atoms with Crippen molar-refractivity contribution < 1.29 is 14.7 Å². The second-order valence-corrected chi connectivity index (χ2v) is 3.90. The molecule has 0 aliphatic carbocycles. The van der Waals surface area contributed by atoms with Crippen molar-refractivity contribution in [1.82, 2.24) is 5.32 Å². The molecule has 0 saturated heterocycles. The molecule has 1 unspecified atom stereocenters. The van der Waals surface area contributed by atoms with Gasteiger partial charge in [-0.1, -0.05) is 11.6 Å². The molecular weight excluding hydrogens is 230 g/mol. The molecule has 1 rings (SSSR count). The van der Waals surface area contributed by atoms with E-state index in [0.717, 1.165) is 0 Å². The summed E-state index contributed by atoms with van der Waals surface area (Å²) < 4.78 is 0. The Labute approximate surface area is 98.2 Å². The Morgan fingerprint density at radius 3 is 2.62 bits per heavy atom. The summed E-state index contributed by atoms with van der Waals surface area (Å²) in [5.41, 5.74) is 0.0561. The zero-order valence-electron chi connectivity index (χ0n) is 8.95. The summed E-state index contributed by atoms with van der Waals surface area (Å²) in [6.07, 6.45) is 0. The number of nitrogens with one attached hydrogen (secondary N) is 1. The van der Waals surface area contributed by atoms with Crippen LogP contribution in [0.2, 0.25) is 5.02 Å². The Hall–Kier alpha value is -1.55. The Morgan fingerprint density at radius 1 is 1.44 bits per heavy atom. The van der Waals surface area contributed by atoms with Gasteiger partial charge >= 0.3 is 0 Å². The number of aromatic hydroxyl groups is 1. The van der Waals surface area contributed by atoms with Crippen LogP contribution >= 0.6 is 11.6 Å². The van der Waals surface area contributed by atoms with Crippen LogP contribution in [0, 0.1) is 0 Å². The normalized spacial score (nSPS) is 11.9. The quantitative estimate of drug-likeness (QED) is 0.847. The second kappa shape index (κ2) is 4.99. The van der Waals surface area contributed by atoms with Gasteiger partial charge in [0.1, 0.15) is 5.75 Å². The van der Waals surface area contributed by atoms with Crippen molar-refractivity contribution >= 4 is 23.3 Å². The van der Waals surface area contributed by atoms with Gasteiger partial charge in [-0.3, -0.25) is 9.59 Å². The van der Waals surface area contributed by atoms with Crippen LogP contribution in [0.15, 0.2) is 18.2 Å². The average Bonchev–Trinajstić information content (AvgIpc) is 2.21. The number of benzene rings is 1. The standard InChI is InChI=1S/C11H12ClNO3/c1-6(7(2)14)13-11(16)9-5-8(12)3-4-10(9)15/h3-6,15H,1-2H3,(H,13,16). The number of phenols is 1. The molecule has 0 heterocycles. The van der Waals surface area contributed by atoms with Crippen LogP contribution in [-0.2, 0) is 4.79 Å². The van der Waals surface area contributed by atoms with Crippen LogP contribution in [0.3, 0.4) is 0 Å². The molecule has 1 aromatic rings. The highest BCUT2D eigenvalue weighted by atomic mass is 35.5. The van der Waals surface area contributed by atoms with Gasteiger partial charge in [0.25, 0.3) is 5.91 Å². The molecule has 2 N–H and O–H groups in total. The predicted octanol–water partition coefficient (Wildman–Crippen LogP) is 1.75. The smallest absolute Gasteiger partial charge is 0.255 e. The number of phenolic OH excluding ortho intramolecular Hbond substituents is 1. The number of hydrogen-bond donors (Lipinski definition) is 2. The molecule has 0 fully saturated rings. The molecule has 0 spiro atoms. The summed E-state index contributed by atoms with van der Waals surface area (Å²) in [6.45, 7) is 2.95. The van der Waals surface area contributed by atoms with Crippen molar-refractivity contribution in [1.29, 1.82) is 0 Å². The maximum absolute atomic E-state index is 11.7. The van der Waals surface area contributed by atoms with Crippen molar-refractivity contribution in [3.8, 4) is 5.75 Å². The van der Waals surface area contributed by atoms with Gasteiger partial charge in [0.2, 0.25) is 0 Å². The van der Waals surface area contributed by atoms with E-state index in [1.54, 1.807) is 6.92 Å². The zero-order valence-corrected chi connectivity index (χ0v) is 9.71. The van der Waals surface area contributed by atoms with Crippen molar-refractivity contribution in [2.45, 2.75) is 19.9 Å². The van der Waals surface area contributed by atoms with E-state index < -0.39 is 11.9 Å². The molecule has 1 amide bonds. The molecule has 16 heavy (non-hydrogen) atoms. The number of rotatable bonds is 3. The van der Waals surface area contributed by atoms with Gasteiger partial charge in [0.05, 0.1) is 11.6 Å². The van der Waals surface area contributed by atoms with Crippen LogP contribution in [0.5, 0.6) is 5.75 Å². The minimum absolute atomic E-state index is 0.0561. The predicted molar refractivity (Wildman–Crippen MR) is 60.7 cm³/mol. The SMILES string of the molecule is CC(=O)C(C)NC(=O)c1cc(Cl)ccc1O. The molecule has 1 atom stereocenters. The monoisotopic (exact) mass is 241 g/mol. The van der Waals surface area contributed by atoms with E-state index in [2.05, 4.69) is 5.32 Å². The molecule has 0 aliphatic heterocycles. The van der Waals surface area contributed by atoms with E-state index in [9.17, 15) is 14.7 Å². The number of ketones is 1. The lowest BCUT2D eigenvalue weighted by atomic mass is 10.1. The van der Waals surface area contributed by atoms with E-state index in [0.29, 0.717) is 5.02 Å². The molecule has 1 aromatic carbocycles. The fraction of sp³-hybridized carbons (Fsp3) is 0.273. The van der Waals surface area contributed by atoms with Gasteiger partial charge in [-0.2, -0.15) is 0 Å². The number of amides is 1. The third-order valence-corrected chi connectivity index (χ3v) is 2.40. The van der Waals surface area contributed by atoms with Gasteiger partial charge < -0.3 is 10.4 Å². The van der Waals surface area contributed by atoms with Crippen molar-refractivity contribution in [2.75, 3.05) is 0 Å². The van der Waals surface area contributed by atoms with E-state index in [1.165, 1.54) is 25.1 Å². The van der Waals surface area contributed by atoms with Crippen LogP contribution in [-0.4, -0.2) is 22.8 Å². The third-order valence-electron chi connectivity index (χ3n) is 2.16. The summed E-state index contributed by atoms with van der Waals surface area (Å²) in [7, 11) is 0. The second-order valence-electron chi connectivity index (χ2n) is 3.47. The molecule has 86 valence electrons. The van der Waals surface area contributed by atoms with Gasteiger partial charge in [-0.15, -0.1) is 0 Å². The van der Waals surface area contributed by atoms with Crippen LogP contribution in [0.25, 0.3) is 0 Å². The summed E-state index contributed by atoms with van der Waals surface area (Å²) in [5.74, 6) is -0.852. The maximum atomic E-state index is 11.7. The first-order valence-corrected chi connectivity index (χ1v) is 5.09. The van der Waals surface area contributed by atoms with Gasteiger partial charge in [-0.05, 0) is 32.0 Å². The summed E-state index contributed by atoms with van der Waals surface area (Å²) in [5, 5.41) is 12.3. The van der Waals surface area contributed by atoms with Crippen LogP contribution in [0.4, 0.5) is 0 Å². The first-order valence-electron chi connectivity index (χ1n) is 4.71. The fourth-order valence-corrected chi connectivity index (χ4v) is 1.24. The molecule has 0 radical (unpaired) electrons. The Morgan fingerprint density at radius 2 is 2.06 bits per heavy atom. The highest BCUT2D eigenvalue weighted by Gasteiger charge is 2.16. The Balaban J connectivity index is 2.88. The van der Waals surface area contributed by atoms with Crippen molar-refractivity contribution in [3.05, 3.63) is 28.8 Å². The van der Waals surface area contributed by atoms with Gasteiger partial charge in [-0.25, -0.2) is 0 Å². The van der Waals surface area contributed by atoms with Gasteiger partial charge in [0, 0.05) is 5.02 Å². The maximum Gasteiger partial charge on any atom is 0.255 e. The molecule has 0 saturated carbocycles. The van der Waals surface area contributed by atoms with E-state index in [-0.39, 0.29) is 17.1 Å². The average molecular weight is 242 g/mol. The van der Waals surface area contributed by atoms with Crippen LogP contribution in [0.1, 0.15) is 24.2 Å². The zero-order chi connectivity index (χ0) is 12.3. The Kier molecular flexibility index (Phi) is 3.90. The summed E-state index contributed by atoms with van der Waals surface area (Å²) in [4.78, 5) is 22.6. The molecule has 4 nitrogen and oxygen atoms in total. The lowest BCUT2D eigenvalue weighted by Crippen LogP contribution is -2.37. The molecule has 0 aromatic heterocycles. The molecule has 0 bridgehead atoms. The molecular formula is C11H12ClNO3. The first kappa shape index (κ1) is 12.5. The van der Waals surface area contributed by atoms with E-state index in [1.807, 2.05) is 0 Å². The van der Waals surface area contributed by atoms with E-state index in [4.69, 9.17) is 11.6 Å². The molecule has 5 heteroatoms. The summed E-state index contributed by atoms with van der Waals surface area (Å²) in [6, 6.07) is 3.56. The largest absolute Gasteiger partial charge is 0.507 e. The summed E-state index contributed by atoms with van der Waals surface area (Å²) >= 11 is 5.70. The van der Waals surface area contributed by atoms with Crippen molar-refractivity contribution in [2.24, 2.45) is 0 Å². The van der Waals surface area contributed by atoms with E-state index >= 15 is 0 Å². The number of halogens is 1. The highest BCUT2D eigenvalue weighted by molar-refractivity contribution is 6.31. The van der Waals surface area contributed by atoms with Crippen molar-refractivity contribution in [3.63, 3.8) is 0 Å². The fourth-order valence-electron chi connectivity index (χ4n) is 1.07. The first-order chi connectivity index (χ1) is 7.41. The number of Topliss-reactive ketones (excluding diaryl/α,β-unsaturated/α-hetero) is 1. The highest BCUT2D eigenvalue weighted by Crippen LogP contribution is 2.21. The van der Waals surface area contributed by atoms with Crippen LogP contribution < -0.4 is 5.32 Å².